The number of halogens is 1. The van der Waals surface area contributed by atoms with E-state index in [9.17, 15) is 4.79 Å². The molecule has 0 radical (unpaired) electrons. The van der Waals surface area contributed by atoms with Crippen molar-refractivity contribution in [3.63, 3.8) is 0 Å². The van der Waals surface area contributed by atoms with Crippen LogP contribution in [-0.4, -0.2) is 23.9 Å². The van der Waals surface area contributed by atoms with Crippen LogP contribution < -0.4 is 5.73 Å². The number of rotatable bonds is 5. The number of carbonyl (C=O) groups excluding carboxylic acids is 1. The smallest absolute Gasteiger partial charge is 0.266 e. The van der Waals surface area contributed by atoms with Crippen molar-refractivity contribution >= 4 is 44.6 Å². The second-order valence-electron chi connectivity index (χ2n) is 4.70. The number of fused-ring (bicyclic) bond motifs is 1. The van der Waals surface area contributed by atoms with Gasteiger partial charge >= 0.3 is 0 Å². The number of hydrogen-bond donors (Lipinski definition) is 1. The summed E-state index contributed by atoms with van der Waals surface area (Å²) in [6, 6.07) is 5.63. The summed E-state index contributed by atoms with van der Waals surface area (Å²) >= 11 is 7.60. The summed E-state index contributed by atoms with van der Waals surface area (Å²) in [5, 5.41) is 1.40. The number of nitrogen functional groups attached to an aromatic ring is 1. The summed E-state index contributed by atoms with van der Waals surface area (Å²) in [7, 11) is 0. The predicted octanol–water partition coefficient (Wildman–Crippen LogP) is 4.40. The Kier molecular flexibility index (Phi) is 4.89. The summed E-state index contributed by atoms with van der Waals surface area (Å²) < 4.78 is 0.963. The molecule has 1 aromatic carbocycles. The lowest BCUT2D eigenvalue weighted by Gasteiger charge is -2.20. The lowest BCUT2D eigenvalue weighted by atomic mass is 10.2. The van der Waals surface area contributed by atoms with E-state index >= 15 is 0 Å². The van der Waals surface area contributed by atoms with Gasteiger partial charge in [0.25, 0.3) is 5.91 Å². The molecule has 0 saturated carbocycles. The molecule has 2 aromatic rings. The van der Waals surface area contributed by atoms with Crippen LogP contribution in [0.15, 0.2) is 18.2 Å². The topological polar surface area (TPSA) is 46.3 Å². The van der Waals surface area contributed by atoms with Crippen LogP contribution in [0.5, 0.6) is 0 Å². The van der Waals surface area contributed by atoms with E-state index in [0.717, 1.165) is 29.5 Å². The maximum absolute atomic E-state index is 12.6. The molecule has 0 aliphatic heterocycles. The largest absolute Gasteiger partial charge is 0.397 e. The maximum Gasteiger partial charge on any atom is 0.266 e. The molecule has 0 unspecified atom stereocenters. The number of thiophene rings is 1. The molecule has 0 saturated heterocycles. The second-order valence-corrected chi connectivity index (χ2v) is 6.16. The Hall–Kier alpha value is -1.26. The monoisotopic (exact) mass is 310 g/mol. The fourth-order valence-corrected chi connectivity index (χ4v) is 3.63. The molecule has 2 N–H and O–H groups in total. The van der Waals surface area contributed by atoms with Crippen LogP contribution in [0.25, 0.3) is 10.1 Å². The van der Waals surface area contributed by atoms with Crippen molar-refractivity contribution in [3.05, 3.63) is 28.1 Å². The van der Waals surface area contributed by atoms with Crippen molar-refractivity contribution in [1.29, 1.82) is 0 Å². The van der Waals surface area contributed by atoms with E-state index in [4.69, 9.17) is 17.3 Å². The summed E-state index contributed by atoms with van der Waals surface area (Å²) in [5.41, 5.74) is 6.65. The fourth-order valence-electron chi connectivity index (χ4n) is 2.18. The number of benzene rings is 1. The number of unbranched alkanes of at least 4 members (excludes halogenated alkanes) is 1. The fraction of sp³-hybridized carbons (Fsp3) is 0.400. The van der Waals surface area contributed by atoms with Crippen LogP contribution in [0.1, 0.15) is 36.4 Å². The van der Waals surface area contributed by atoms with Gasteiger partial charge in [-0.15, -0.1) is 11.3 Å². The molecular weight excluding hydrogens is 292 g/mol. The molecule has 3 nitrogen and oxygen atoms in total. The normalized spacial score (nSPS) is 10.9. The van der Waals surface area contributed by atoms with Crippen LogP contribution in [0.2, 0.25) is 5.02 Å². The predicted molar refractivity (Wildman–Crippen MR) is 87.7 cm³/mol. The highest BCUT2D eigenvalue weighted by Gasteiger charge is 2.21. The van der Waals surface area contributed by atoms with Crippen molar-refractivity contribution in [2.24, 2.45) is 0 Å². The number of hydrogen-bond acceptors (Lipinski definition) is 3. The molecule has 0 aliphatic carbocycles. The number of anilines is 1. The summed E-state index contributed by atoms with van der Waals surface area (Å²) in [4.78, 5) is 15.0. The number of carbonyl (C=O) groups is 1. The first-order chi connectivity index (χ1) is 9.60. The van der Waals surface area contributed by atoms with Crippen molar-refractivity contribution in [1.82, 2.24) is 4.90 Å². The first-order valence-electron chi connectivity index (χ1n) is 6.85. The minimum atomic E-state index is 0.00992. The minimum absolute atomic E-state index is 0.00992. The Bertz CT molecular complexity index is 624. The summed E-state index contributed by atoms with van der Waals surface area (Å²) in [6.07, 6.45) is 2.07. The molecule has 20 heavy (non-hydrogen) atoms. The SMILES string of the molecule is CCCCN(CC)C(=O)c1sc2cccc(Cl)c2c1N. The first-order valence-corrected chi connectivity index (χ1v) is 8.05. The summed E-state index contributed by atoms with van der Waals surface area (Å²) in [6.45, 7) is 5.57. The lowest BCUT2D eigenvalue weighted by molar-refractivity contribution is 0.0768. The quantitative estimate of drug-likeness (QED) is 0.889. The maximum atomic E-state index is 12.6. The van der Waals surface area contributed by atoms with Gasteiger partial charge in [0.05, 0.1) is 10.7 Å². The average Bonchev–Trinajstić information content (AvgIpc) is 2.78. The minimum Gasteiger partial charge on any atom is -0.397 e. The zero-order valence-electron chi connectivity index (χ0n) is 11.8. The van der Waals surface area contributed by atoms with E-state index < -0.39 is 0 Å². The van der Waals surface area contributed by atoms with Gasteiger partial charge in [0.2, 0.25) is 0 Å². The lowest BCUT2D eigenvalue weighted by Crippen LogP contribution is -2.31. The van der Waals surface area contributed by atoms with Gasteiger partial charge in [0, 0.05) is 23.2 Å². The van der Waals surface area contributed by atoms with E-state index in [2.05, 4.69) is 6.92 Å². The van der Waals surface area contributed by atoms with Gasteiger partial charge in [-0.3, -0.25) is 4.79 Å². The number of nitrogens with two attached hydrogens (primary N) is 1. The molecule has 1 amide bonds. The summed E-state index contributed by atoms with van der Waals surface area (Å²) in [5.74, 6) is 0.00992. The van der Waals surface area contributed by atoms with Crippen molar-refractivity contribution in [2.45, 2.75) is 26.7 Å². The van der Waals surface area contributed by atoms with Gasteiger partial charge in [-0.2, -0.15) is 0 Å². The second kappa shape index (κ2) is 6.46. The van der Waals surface area contributed by atoms with Crippen molar-refractivity contribution in [3.8, 4) is 0 Å². The van der Waals surface area contributed by atoms with E-state index in [0.29, 0.717) is 22.1 Å². The first kappa shape index (κ1) is 15.1. The van der Waals surface area contributed by atoms with Gasteiger partial charge in [0.1, 0.15) is 4.88 Å². The van der Waals surface area contributed by atoms with Gasteiger partial charge in [0.15, 0.2) is 0 Å². The Morgan fingerprint density at radius 1 is 1.40 bits per heavy atom. The van der Waals surface area contributed by atoms with Crippen molar-refractivity contribution < 1.29 is 4.79 Å². The van der Waals surface area contributed by atoms with Gasteiger partial charge in [-0.25, -0.2) is 0 Å². The molecule has 1 heterocycles. The standard InChI is InChI=1S/C15H19ClN2OS/c1-3-5-9-18(4-2)15(19)14-13(17)12-10(16)7-6-8-11(12)20-14/h6-8H,3-5,9,17H2,1-2H3. The Labute approximate surface area is 128 Å². The van der Waals surface area contributed by atoms with Crippen LogP contribution in [0.4, 0.5) is 5.69 Å². The van der Waals surface area contributed by atoms with Gasteiger partial charge in [-0.1, -0.05) is 31.0 Å². The number of amides is 1. The molecule has 0 spiro atoms. The van der Waals surface area contributed by atoms with Crippen LogP contribution >= 0.6 is 22.9 Å². The third-order valence-electron chi connectivity index (χ3n) is 3.35. The van der Waals surface area contributed by atoms with Gasteiger partial charge < -0.3 is 10.6 Å². The van der Waals surface area contributed by atoms with E-state index in [1.807, 2.05) is 24.0 Å². The van der Waals surface area contributed by atoms with E-state index in [1.165, 1.54) is 11.3 Å². The molecular formula is C15H19ClN2OS. The zero-order valence-corrected chi connectivity index (χ0v) is 13.4. The molecule has 5 heteroatoms. The highest BCUT2D eigenvalue weighted by atomic mass is 35.5. The van der Waals surface area contributed by atoms with Crippen LogP contribution in [0.3, 0.4) is 0 Å². The molecule has 108 valence electrons. The third-order valence-corrected chi connectivity index (χ3v) is 4.82. The van der Waals surface area contributed by atoms with Crippen molar-refractivity contribution in [2.75, 3.05) is 18.8 Å². The Balaban J connectivity index is 2.39. The third kappa shape index (κ3) is 2.76. The van der Waals surface area contributed by atoms with Crippen LogP contribution in [0, 0.1) is 0 Å². The Morgan fingerprint density at radius 2 is 2.15 bits per heavy atom. The van der Waals surface area contributed by atoms with E-state index in [-0.39, 0.29) is 5.91 Å². The van der Waals surface area contributed by atoms with E-state index in [1.54, 1.807) is 6.07 Å². The van der Waals surface area contributed by atoms with Gasteiger partial charge in [-0.05, 0) is 25.5 Å². The zero-order chi connectivity index (χ0) is 14.7. The average molecular weight is 311 g/mol. The highest BCUT2D eigenvalue weighted by Crippen LogP contribution is 2.38. The molecule has 0 fully saturated rings. The molecule has 0 bridgehead atoms. The molecule has 0 aliphatic rings. The number of nitrogens with zero attached hydrogens (tertiary/aromatic N) is 1. The molecule has 2 rings (SSSR count). The highest BCUT2D eigenvalue weighted by molar-refractivity contribution is 7.21. The Morgan fingerprint density at radius 3 is 2.75 bits per heavy atom. The van der Waals surface area contributed by atoms with Crippen LogP contribution in [-0.2, 0) is 0 Å². The molecule has 0 atom stereocenters. The molecule has 1 aromatic heterocycles.